The highest BCUT2D eigenvalue weighted by Crippen LogP contribution is 2.12. The predicted octanol–water partition coefficient (Wildman–Crippen LogP) is 0.0739. The van der Waals surface area contributed by atoms with Crippen LogP contribution in [0.3, 0.4) is 0 Å². The normalized spacial score (nSPS) is 30.6. The maximum atomic E-state index is 11.2. The van der Waals surface area contributed by atoms with E-state index < -0.39 is 0 Å². The summed E-state index contributed by atoms with van der Waals surface area (Å²) in [5.74, 6) is 0.828. The largest absolute Gasteiger partial charge is 0.785 e. The molecule has 0 radical (unpaired) electrons. The average Bonchev–Trinajstić information content (AvgIpc) is 2.06. The van der Waals surface area contributed by atoms with E-state index in [1.54, 1.807) is 0 Å². The Labute approximate surface area is 65.2 Å². The number of hydrogen-bond acceptors (Lipinski definition) is 4. The summed E-state index contributed by atoms with van der Waals surface area (Å²) in [6.07, 6.45) is 4.59. The van der Waals surface area contributed by atoms with E-state index in [4.69, 9.17) is 0 Å². The second-order valence-corrected chi connectivity index (χ2v) is 2.71. The van der Waals surface area contributed by atoms with Crippen molar-refractivity contribution < 1.29 is 0 Å². The van der Waals surface area contributed by atoms with Gasteiger partial charge in [-0.25, -0.2) is 0 Å². The lowest BCUT2D eigenvalue weighted by Gasteiger charge is -2.41. The van der Waals surface area contributed by atoms with Crippen LogP contribution in [0.15, 0.2) is 17.3 Å². The molecule has 1 unspecified atom stereocenters. The lowest BCUT2D eigenvalue weighted by atomic mass is 10.1. The molecule has 0 aromatic heterocycles. The molecule has 2 aliphatic heterocycles. The molecule has 0 aromatic carbocycles. The lowest BCUT2D eigenvalue weighted by molar-refractivity contribution is 0.324. The van der Waals surface area contributed by atoms with E-state index in [1.807, 2.05) is 12.3 Å². The fourth-order valence-corrected chi connectivity index (χ4v) is 1.38. The van der Waals surface area contributed by atoms with Gasteiger partial charge in [-0.05, 0) is 12.6 Å². The van der Waals surface area contributed by atoms with Crippen LogP contribution >= 0.6 is 0 Å². The first-order valence-corrected chi connectivity index (χ1v) is 3.77. The summed E-state index contributed by atoms with van der Waals surface area (Å²) in [5, 5.41) is 15.3. The van der Waals surface area contributed by atoms with Crippen molar-refractivity contribution in [1.29, 1.82) is 0 Å². The van der Waals surface area contributed by atoms with Crippen molar-refractivity contribution >= 4 is 5.84 Å². The van der Waals surface area contributed by atoms with Gasteiger partial charge in [-0.1, -0.05) is 6.08 Å². The van der Waals surface area contributed by atoms with E-state index in [9.17, 15) is 5.21 Å². The molecule has 0 aliphatic carbocycles. The molecule has 1 N–H and O–H groups in total. The molecule has 0 bridgehead atoms. The van der Waals surface area contributed by atoms with E-state index >= 15 is 0 Å². The molecule has 4 heteroatoms. The van der Waals surface area contributed by atoms with Gasteiger partial charge in [0.05, 0.1) is 12.6 Å². The second-order valence-electron chi connectivity index (χ2n) is 2.71. The number of hydrogen-bond donors (Lipinski definition) is 1. The molecule has 1 atom stereocenters. The van der Waals surface area contributed by atoms with Crippen LogP contribution < -0.4 is 5.32 Å². The molecule has 4 nitrogen and oxygen atoms in total. The number of hydroxylamine groups is 2. The minimum atomic E-state index is -0.0475. The van der Waals surface area contributed by atoms with Gasteiger partial charge in [0.2, 0.25) is 0 Å². The van der Waals surface area contributed by atoms with Gasteiger partial charge in [0.1, 0.15) is 5.84 Å². The zero-order valence-corrected chi connectivity index (χ0v) is 6.16. The average molecular weight is 152 g/mol. The lowest BCUT2D eigenvalue weighted by Crippen LogP contribution is -2.48. The maximum Gasteiger partial charge on any atom is 0.117 e. The molecule has 0 saturated carbocycles. The van der Waals surface area contributed by atoms with Gasteiger partial charge in [0, 0.05) is 6.54 Å². The van der Waals surface area contributed by atoms with Crippen molar-refractivity contribution in [2.24, 2.45) is 4.99 Å². The first-order valence-electron chi connectivity index (χ1n) is 3.77. The molecule has 2 heterocycles. The van der Waals surface area contributed by atoms with Crippen LogP contribution in [0.5, 0.6) is 0 Å². The Morgan fingerprint density at radius 2 is 2.64 bits per heavy atom. The molecular formula is C7H10N3O-. The van der Waals surface area contributed by atoms with Crippen molar-refractivity contribution in [3.05, 3.63) is 17.5 Å². The highest BCUT2D eigenvalue weighted by Gasteiger charge is 2.20. The van der Waals surface area contributed by atoms with E-state index in [1.165, 1.54) is 0 Å². The van der Waals surface area contributed by atoms with Crippen LogP contribution in [0.4, 0.5) is 0 Å². The second kappa shape index (κ2) is 2.64. The van der Waals surface area contributed by atoms with Crippen LogP contribution in [-0.2, 0) is 0 Å². The molecule has 11 heavy (non-hydrogen) atoms. The highest BCUT2D eigenvalue weighted by atomic mass is 16.5. The molecule has 60 valence electrons. The summed E-state index contributed by atoms with van der Waals surface area (Å²) in [6, 6.07) is -0.0475. The molecule has 0 spiro atoms. The number of fused-ring (bicyclic) bond motifs is 1. The Balaban J connectivity index is 2.21. The third-order valence-electron chi connectivity index (χ3n) is 1.97. The highest BCUT2D eigenvalue weighted by molar-refractivity contribution is 5.89. The Bertz CT molecular complexity index is 212. The quantitative estimate of drug-likeness (QED) is 0.534. The number of nitrogens with zero attached hydrogens (tertiary/aromatic N) is 2. The van der Waals surface area contributed by atoms with Crippen LogP contribution in [0.1, 0.15) is 6.42 Å². The minimum absolute atomic E-state index is 0.0475. The molecular weight excluding hydrogens is 142 g/mol. The van der Waals surface area contributed by atoms with Crippen molar-refractivity contribution in [2.45, 2.75) is 12.5 Å². The minimum Gasteiger partial charge on any atom is -0.785 e. The summed E-state index contributed by atoms with van der Waals surface area (Å²) in [6.45, 7) is 1.15. The Kier molecular flexibility index (Phi) is 1.63. The first kappa shape index (κ1) is 6.82. The standard InChI is InChI=1S/C7H10N3O/c11-10-5-4-9-7-6(10)2-1-3-8-7/h1,3,6H,2,4-5H2,(H,8,9)/q-1. The maximum absolute atomic E-state index is 11.2. The van der Waals surface area contributed by atoms with Gasteiger partial charge in [0.15, 0.2) is 0 Å². The van der Waals surface area contributed by atoms with E-state index in [2.05, 4.69) is 10.3 Å². The van der Waals surface area contributed by atoms with E-state index in [0.717, 1.165) is 17.3 Å². The molecule has 0 amide bonds. The SMILES string of the molecule is [O-]N1CCN=C2NC=CCC21. The molecule has 0 saturated heterocycles. The fourth-order valence-electron chi connectivity index (χ4n) is 1.38. The van der Waals surface area contributed by atoms with E-state index in [-0.39, 0.29) is 6.04 Å². The van der Waals surface area contributed by atoms with Crippen molar-refractivity contribution in [3.63, 3.8) is 0 Å². The van der Waals surface area contributed by atoms with Gasteiger partial charge >= 0.3 is 0 Å². The number of amidine groups is 1. The van der Waals surface area contributed by atoms with Gasteiger partial charge in [-0.3, -0.25) is 4.99 Å². The first-order chi connectivity index (χ1) is 5.38. The zero-order valence-electron chi connectivity index (χ0n) is 6.16. The topological polar surface area (TPSA) is 50.7 Å². The van der Waals surface area contributed by atoms with E-state index in [0.29, 0.717) is 13.1 Å². The summed E-state index contributed by atoms with van der Waals surface area (Å²) in [7, 11) is 0. The number of aliphatic imine (C=N–C) groups is 1. The predicted molar refractivity (Wildman–Crippen MR) is 43.1 cm³/mol. The third kappa shape index (κ3) is 1.15. The number of nitrogens with one attached hydrogen (secondary N) is 1. The summed E-state index contributed by atoms with van der Waals surface area (Å²) < 4.78 is 0. The van der Waals surface area contributed by atoms with Gasteiger partial charge in [0.25, 0.3) is 0 Å². The molecule has 2 aliphatic rings. The molecule has 0 aromatic rings. The third-order valence-corrected chi connectivity index (χ3v) is 1.97. The Hall–Kier alpha value is -0.870. The monoisotopic (exact) mass is 152 g/mol. The van der Waals surface area contributed by atoms with Gasteiger partial charge in [-0.2, -0.15) is 0 Å². The van der Waals surface area contributed by atoms with Crippen molar-refractivity contribution in [3.8, 4) is 0 Å². The van der Waals surface area contributed by atoms with Crippen molar-refractivity contribution in [2.75, 3.05) is 13.1 Å². The van der Waals surface area contributed by atoms with Crippen LogP contribution in [-0.4, -0.2) is 30.0 Å². The van der Waals surface area contributed by atoms with Gasteiger partial charge in [-0.15, -0.1) is 0 Å². The summed E-state index contributed by atoms with van der Waals surface area (Å²) >= 11 is 0. The smallest absolute Gasteiger partial charge is 0.117 e. The zero-order chi connectivity index (χ0) is 7.68. The fraction of sp³-hybridized carbons (Fsp3) is 0.571. The van der Waals surface area contributed by atoms with Gasteiger partial charge < -0.3 is 15.6 Å². The molecule has 2 rings (SSSR count). The van der Waals surface area contributed by atoms with Crippen LogP contribution in [0.2, 0.25) is 0 Å². The summed E-state index contributed by atoms with van der Waals surface area (Å²) in [4.78, 5) is 4.21. The van der Waals surface area contributed by atoms with Crippen LogP contribution in [0, 0.1) is 5.21 Å². The number of rotatable bonds is 0. The van der Waals surface area contributed by atoms with Crippen LogP contribution in [0.25, 0.3) is 0 Å². The van der Waals surface area contributed by atoms with Crippen molar-refractivity contribution in [1.82, 2.24) is 10.4 Å². The molecule has 0 fully saturated rings. The Morgan fingerprint density at radius 3 is 3.45 bits per heavy atom. The Morgan fingerprint density at radius 1 is 1.73 bits per heavy atom. The summed E-state index contributed by atoms with van der Waals surface area (Å²) in [5.41, 5.74) is 0.